The van der Waals surface area contributed by atoms with E-state index in [1.165, 1.54) is 89.0 Å². The van der Waals surface area contributed by atoms with Gasteiger partial charge in [-0.25, -0.2) is 9.97 Å². The topological polar surface area (TPSA) is 25.8 Å². The summed E-state index contributed by atoms with van der Waals surface area (Å²) in [6, 6.07) is 8.34. The number of hydrogen-bond donors (Lipinski definition) is 0. The van der Waals surface area contributed by atoms with Gasteiger partial charge in [-0.2, -0.15) is 4.39 Å². The molecule has 2 aromatic rings. The number of rotatable bonds is 14. The van der Waals surface area contributed by atoms with Crippen LogP contribution in [0.2, 0.25) is 0 Å². The monoisotopic (exact) mass is 452 g/mol. The Kier molecular flexibility index (Phi) is 11.3. The van der Waals surface area contributed by atoms with E-state index < -0.39 is 0 Å². The maximum absolute atomic E-state index is 14.9. The Hall–Kier alpha value is -1.77. The number of hydrogen-bond acceptors (Lipinski definition) is 2. The quantitative estimate of drug-likeness (QED) is 0.211. The molecule has 33 heavy (non-hydrogen) atoms. The fraction of sp³-hybridized carbons (Fsp3) is 0.667. The van der Waals surface area contributed by atoms with Crippen molar-refractivity contribution < 1.29 is 4.39 Å². The first-order valence-electron chi connectivity index (χ1n) is 13.8. The summed E-state index contributed by atoms with van der Waals surface area (Å²) in [5.74, 6) is 1.50. The first-order valence-corrected chi connectivity index (χ1v) is 13.8. The molecular formula is C30H45FN2. The van der Waals surface area contributed by atoms with E-state index >= 15 is 0 Å². The smallest absolute Gasteiger partial charge is 0.224 e. The molecule has 3 heteroatoms. The molecule has 1 heterocycles. The van der Waals surface area contributed by atoms with Crippen molar-refractivity contribution in [2.75, 3.05) is 0 Å². The zero-order valence-corrected chi connectivity index (χ0v) is 21.1. The zero-order chi connectivity index (χ0) is 23.3. The molecule has 182 valence electrons. The van der Waals surface area contributed by atoms with Gasteiger partial charge in [-0.05, 0) is 55.6 Å². The van der Waals surface area contributed by atoms with Crippen molar-refractivity contribution in [3.8, 4) is 11.1 Å². The largest absolute Gasteiger partial charge is 0.240 e. The second kappa shape index (κ2) is 14.5. The highest BCUT2D eigenvalue weighted by Crippen LogP contribution is 2.37. The standard InChI is InChI=1S/C30H45FN2/c1-3-5-7-8-9-10-11-12-14-25-15-19-26(20-16-25)28-23-32-30(33-29(28)31)27-21-17-24(18-22-27)13-6-4-2/h15-16,19-20,23-24,27H,3-14,17-18,21-22H2,1-2H3/t24-,27-. The SMILES string of the molecule is CCCCCCCCCCc1ccc(-c2cnc([C@H]3CC[C@H](CCCC)CC3)nc2F)cc1. The summed E-state index contributed by atoms with van der Waals surface area (Å²) in [6.45, 7) is 4.52. The van der Waals surface area contributed by atoms with E-state index in [0.29, 0.717) is 17.3 Å². The molecule has 0 unspecified atom stereocenters. The lowest BCUT2D eigenvalue weighted by atomic mass is 9.79. The molecule has 0 saturated heterocycles. The van der Waals surface area contributed by atoms with E-state index in [4.69, 9.17) is 0 Å². The Morgan fingerprint density at radius 2 is 1.42 bits per heavy atom. The molecule has 0 amide bonds. The molecule has 0 spiro atoms. The molecule has 1 saturated carbocycles. The number of halogens is 1. The van der Waals surface area contributed by atoms with Gasteiger partial charge >= 0.3 is 0 Å². The molecule has 0 atom stereocenters. The predicted octanol–water partition coefficient (Wildman–Crippen LogP) is 9.43. The molecule has 1 aliphatic carbocycles. The van der Waals surface area contributed by atoms with Crippen LogP contribution in [0, 0.1) is 11.9 Å². The maximum Gasteiger partial charge on any atom is 0.224 e. The summed E-state index contributed by atoms with van der Waals surface area (Å²) in [5.41, 5.74) is 2.73. The van der Waals surface area contributed by atoms with Crippen LogP contribution >= 0.6 is 0 Å². The summed E-state index contributed by atoms with van der Waals surface area (Å²) < 4.78 is 14.9. The van der Waals surface area contributed by atoms with Gasteiger partial charge in [-0.15, -0.1) is 0 Å². The molecule has 2 nitrogen and oxygen atoms in total. The van der Waals surface area contributed by atoms with Crippen LogP contribution in [0.4, 0.5) is 4.39 Å². The van der Waals surface area contributed by atoms with E-state index in [1.807, 2.05) is 12.1 Å². The van der Waals surface area contributed by atoms with Gasteiger partial charge in [-0.3, -0.25) is 0 Å². The Labute approximate surface area is 201 Å². The Bertz CT molecular complexity index is 793. The Morgan fingerprint density at radius 1 is 0.788 bits per heavy atom. The average Bonchev–Trinajstić information content (AvgIpc) is 2.85. The van der Waals surface area contributed by atoms with Gasteiger partial charge in [0.05, 0.1) is 5.56 Å². The van der Waals surface area contributed by atoms with Gasteiger partial charge in [0.1, 0.15) is 5.82 Å². The number of unbranched alkanes of at least 4 members (excludes halogenated alkanes) is 8. The lowest BCUT2D eigenvalue weighted by molar-refractivity contribution is 0.297. The molecule has 0 N–H and O–H groups in total. The summed E-state index contributed by atoms with van der Waals surface area (Å²) in [5, 5.41) is 0. The highest BCUT2D eigenvalue weighted by Gasteiger charge is 2.24. The first kappa shape index (κ1) is 25.8. The van der Waals surface area contributed by atoms with Crippen LogP contribution in [0.3, 0.4) is 0 Å². The van der Waals surface area contributed by atoms with Gasteiger partial charge in [0, 0.05) is 12.1 Å². The molecule has 1 aliphatic rings. The highest BCUT2D eigenvalue weighted by molar-refractivity contribution is 5.62. The number of benzene rings is 1. The van der Waals surface area contributed by atoms with Crippen LogP contribution in [0.5, 0.6) is 0 Å². The minimum absolute atomic E-state index is 0.320. The van der Waals surface area contributed by atoms with Gasteiger partial charge in [-0.1, -0.05) is 102 Å². The van der Waals surface area contributed by atoms with Crippen molar-refractivity contribution in [1.82, 2.24) is 9.97 Å². The average molecular weight is 453 g/mol. The van der Waals surface area contributed by atoms with E-state index in [-0.39, 0.29) is 5.95 Å². The lowest BCUT2D eigenvalue weighted by Gasteiger charge is -2.27. The fourth-order valence-corrected chi connectivity index (χ4v) is 5.28. The number of aryl methyl sites for hydroxylation is 1. The molecule has 0 aliphatic heterocycles. The van der Waals surface area contributed by atoms with Gasteiger partial charge in [0.2, 0.25) is 5.95 Å². The van der Waals surface area contributed by atoms with Gasteiger partial charge < -0.3 is 0 Å². The molecule has 0 radical (unpaired) electrons. The fourth-order valence-electron chi connectivity index (χ4n) is 5.28. The van der Waals surface area contributed by atoms with E-state index in [9.17, 15) is 4.39 Å². The number of aromatic nitrogens is 2. The van der Waals surface area contributed by atoms with E-state index in [2.05, 4.69) is 35.9 Å². The highest BCUT2D eigenvalue weighted by atomic mass is 19.1. The van der Waals surface area contributed by atoms with Crippen LogP contribution in [-0.4, -0.2) is 9.97 Å². The molecular weight excluding hydrogens is 407 g/mol. The second-order valence-electron chi connectivity index (χ2n) is 10.2. The first-order chi connectivity index (χ1) is 16.2. The second-order valence-corrected chi connectivity index (χ2v) is 10.2. The Balaban J connectivity index is 1.45. The minimum atomic E-state index is -0.371. The maximum atomic E-state index is 14.9. The molecule has 1 aromatic heterocycles. The van der Waals surface area contributed by atoms with Crippen molar-refractivity contribution >= 4 is 0 Å². The van der Waals surface area contributed by atoms with Crippen LogP contribution in [0.1, 0.15) is 127 Å². The minimum Gasteiger partial charge on any atom is -0.240 e. The summed E-state index contributed by atoms with van der Waals surface area (Å²) >= 11 is 0. The van der Waals surface area contributed by atoms with Crippen molar-refractivity contribution in [1.29, 1.82) is 0 Å². The van der Waals surface area contributed by atoms with Crippen molar-refractivity contribution in [3.63, 3.8) is 0 Å². The van der Waals surface area contributed by atoms with Crippen LogP contribution in [0.15, 0.2) is 30.5 Å². The van der Waals surface area contributed by atoms with Gasteiger partial charge in [0.15, 0.2) is 0 Å². The van der Waals surface area contributed by atoms with E-state index in [1.54, 1.807) is 6.20 Å². The summed E-state index contributed by atoms with van der Waals surface area (Å²) in [4.78, 5) is 8.90. The summed E-state index contributed by atoms with van der Waals surface area (Å²) in [7, 11) is 0. The third-order valence-electron chi connectivity index (χ3n) is 7.52. The zero-order valence-electron chi connectivity index (χ0n) is 21.1. The number of nitrogens with zero attached hydrogens (tertiary/aromatic N) is 2. The van der Waals surface area contributed by atoms with E-state index in [0.717, 1.165) is 30.7 Å². The summed E-state index contributed by atoms with van der Waals surface area (Å²) in [6.07, 6.45) is 22.1. The van der Waals surface area contributed by atoms with Crippen molar-refractivity contribution in [2.24, 2.45) is 5.92 Å². The molecule has 3 rings (SSSR count). The van der Waals surface area contributed by atoms with Crippen LogP contribution in [0.25, 0.3) is 11.1 Å². The Morgan fingerprint density at radius 3 is 2.06 bits per heavy atom. The van der Waals surface area contributed by atoms with Crippen LogP contribution in [-0.2, 0) is 6.42 Å². The predicted molar refractivity (Wildman–Crippen MR) is 138 cm³/mol. The third kappa shape index (κ3) is 8.50. The molecule has 0 bridgehead atoms. The lowest BCUT2D eigenvalue weighted by Crippen LogP contribution is -2.16. The normalized spacial score (nSPS) is 18.5. The third-order valence-corrected chi connectivity index (χ3v) is 7.52. The van der Waals surface area contributed by atoms with Crippen molar-refractivity contribution in [2.45, 2.75) is 122 Å². The molecule has 1 aromatic carbocycles. The van der Waals surface area contributed by atoms with Crippen LogP contribution < -0.4 is 0 Å². The van der Waals surface area contributed by atoms with Gasteiger partial charge in [0.25, 0.3) is 0 Å². The molecule has 1 fully saturated rings. The van der Waals surface area contributed by atoms with Crippen molar-refractivity contribution in [3.05, 3.63) is 47.8 Å².